The maximum absolute atomic E-state index is 13.0. The number of anilines is 2. The van der Waals surface area contributed by atoms with Crippen molar-refractivity contribution in [3.63, 3.8) is 0 Å². The van der Waals surface area contributed by atoms with E-state index in [0.29, 0.717) is 59.0 Å². The molecule has 0 saturated heterocycles. The maximum Gasteiger partial charge on any atom is 0.268 e. The number of rotatable bonds is 5. The smallest absolute Gasteiger partial charge is 0.268 e. The second-order valence-electron chi connectivity index (χ2n) is 7.25. The average Bonchev–Trinajstić information content (AvgIpc) is 2.83. The number of fused-ring (bicyclic) bond motifs is 4. The van der Waals surface area contributed by atoms with Gasteiger partial charge in [-0.1, -0.05) is 30.0 Å². The zero-order valence-corrected chi connectivity index (χ0v) is 19.3. The van der Waals surface area contributed by atoms with Crippen LogP contribution in [0.3, 0.4) is 0 Å². The normalized spacial score (nSPS) is 15.4. The van der Waals surface area contributed by atoms with Crippen LogP contribution in [0, 0.1) is 0 Å². The zero-order chi connectivity index (χ0) is 23.0. The molecule has 33 heavy (non-hydrogen) atoms. The summed E-state index contributed by atoms with van der Waals surface area (Å²) in [5.74, 6) is 1.05. The van der Waals surface area contributed by atoms with Crippen molar-refractivity contribution in [1.82, 2.24) is 9.97 Å². The van der Waals surface area contributed by atoms with Crippen LogP contribution in [0.25, 0.3) is 11.3 Å². The topological polar surface area (TPSA) is 111 Å². The lowest BCUT2D eigenvalue weighted by molar-refractivity contribution is -0.113. The van der Waals surface area contributed by atoms with Gasteiger partial charge in [-0.15, -0.1) is 0 Å². The van der Waals surface area contributed by atoms with Crippen molar-refractivity contribution >= 4 is 39.1 Å². The molecule has 3 aromatic rings. The molecule has 1 amide bonds. The minimum atomic E-state index is -3.75. The second-order valence-corrected chi connectivity index (χ2v) is 10.0. The first kappa shape index (κ1) is 21.5. The number of carbonyl (C=O) groups is 1. The highest BCUT2D eigenvalue weighted by Crippen LogP contribution is 2.41. The lowest BCUT2D eigenvalue weighted by Crippen LogP contribution is -2.34. The van der Waals surface area contributed by atoms with Crippen LogP contribution in [0.1, 0.15) is 6.92 Å². The molecule has 0 saturated carbocycles. The Kier molecular flexibility index (Phi) is 5.59. The number of sulfonamides is 1. The summed E-state index contributed by atoms with van der Waals surface area (Å²) in [6, 6.07) is 12.4. The summed E-state index contributed by atoms with van der Waals surface area (Å²) < 4.78 is 38.4. The Labute approximate surface area is 195 Å². The Morgan fingerprint density at radius 2 is 1.94 bits per heavy atom. The van der Waals surface area contributed by atoms with Gasteiger partial charge in [0.25, 0.3) is 10.0 Å². The van der Waals surface area contributed by atoms with Gasteiger partial charge in [0.05, 0.1) is 23.3 Å². The van der Waals surface area contributed by atoms with E-state index in [0.717, 1.165) is 11.8 Å². The van der Waals surface area contributed by atoms with Gasteiger partial charge in [-0.05, 0) is 25.1 Å². The van der Waals surface area contributed by atoms with Crippen LogP contribution < -0.4 is 19.1 Å². The van der Waals surface area contributed by atoms with Gasteiger partial charge in [0.1, 0.15) is 18.1 Å². The number of hydrogen-bond donors (Lipinski definition) is 1. The number of ether oxygens (including phenoxy) is 2. The molecule has 1 aromatic heterocycles. The molecule has 11 heteroatoms. The number of amides is 1. The molecule has 0 aliphatic carbocycles. The molecule has 1 N–H and O–H groups in total. The first-order chi connectivity index (χ1) is 16.0. The third-order valence-corrected chi connectivity index (χ3v) is 7.93. The lowest BCUT2D eigenvalue weighted by Gasteiger charge is -2.30. The van der Waals surface area contributed by atoms with Crippen LogP contribution in [0.2, 0.25) is 0 Å². The van der Waals surface area contributed by atoms with Crippen LogP contribution in [0.5, 0.6) is 11.5 Å². The fourth-order valence-corrected chi connectivity index (χ4v) is 5.93. The molecular weight excluding hydrogens is 464 g/mol. The molecule has 9 nitrogen and oxygen atoms in total. The third-order valence-electron chi connectivity index (χ3n) is 5.17. The minimum Gasteiger partial charge on any atom is -0.486 e. The van der Waals surface area contributed by atoms with E-state index in [1.54, 1.807) is 37.3 Å². The summed E-state index contributed by atoms with van der Waals surface area (Å²) in [6.45, 7) is 3.04. The Hall–Kier alpha value is -3.31. The van der Waals surface area contributed by atoms with Crippen LogP contribution in [0.15, 0.2) is 58.7 Å². The monoisotopic (exact) mass is 484 g/mol. The van der Waals surface area contributed by atoms with Crippen molar-refractivity contribution < 1.29 is 22.7 Å². The summed E-state index contributed by atoms with van der Waals surface area (Å²) in [7, 11) is -3.75. The summed E-state index contributed by atoms with van der Waals surface area (Å²) in [6.07, 6.45) is 1.32. The first-order valence-electron chi connectivity index (χ1n) is 10.3. The SMILES string of the molecule is CCN1c2ccccc2-c2nc(SCC(=O)Nc3ccc4c(c3)OCCO4)ncc2S1(=O)=O. The van der Waals surface area contributed by atoms with Crippen LogP contribution in [-0.2, 0) is 14.8 Å². The number of para-hydroxylation sites is 1. The largest absolute Gasteiger partial charge is 0.486 e. The van der Waals surface area contributed by atoms with Crippen LogP contribution in [0.4, 0.5) is 11.4 Å². The maximum atomic E-state index is 13.0. The highest BCUT2D eigenvalue weighted by molar-refractivity contribution is 7.99. The minimum absolute atomic E-state index is 0.0582. The lowest BCUT2D eigenvalue weighted by atomic mass is 10.1. The number of thioether (sulfide) groups is 1. The van der Waals surface area contributed by atoms with Gasteiger partial charge in [0, 0.05) is 23.9 Å². The summed E-state index contributed by atoms with van der Waals surface area (Å²) in [5.41, 5.74) is 2.24. The number of nitrogens with one attached hydrogen (secondary N) is 1. The molecule has 0 unspecified atom stereocenters. The third kappa shape index (κ3) is 3.98. The predicted molar refractivity (Wildman–Crippen MR) is 124 cm³/mol. The average molecular weight is 485 g/mol. The molecule has 3 heterocycles. The molecule has 170 valence electrons. The summed E-state index contributed by atoms with van der Waals surface area (Å²) in [4.78, 5) is 21.2. The van der Waals surface area contributed by atoms with Gasteiger partial charge in [-0.3, -0.25) is 9.10 Å². The second kappa shape index (κ2) is 8.56. The number of aromatic nitrogens is 2. The van der Waals surface area contributed by atoms with E-state index in [1.165, 1.54) is 10.5 Å². The van der Waals surface area contributed by atoms with Gasteiger partial charge in [0.2, 0.25) is 5.91 Å². The Balaban J connectivity index is 1.34. The standard InChI is InChI=1S/C22H20N4O5S2/c1-2-26-16-6-4-3-5-15(16)21-19(33(26,28)29)12-23-22(25-21)32-13-20(27)24-14-7-8-17-18(11-14)31-10-9-30-17/h3-8,11-12H,2,9-10,13H2,1H3,(H,24,27). The van der Waals surface area contributed by atoms with E-state index in [1.807, 2.05) is 12.1 Å². The fraction of sp³-hybridized carbons (Fsp3) is 0.227. The number of hydrogen-bond acceptors (Lipinski definition) is 8. The summed E-state index contributed by atoms with van der Waals surface area (Å²) in [5, 5.41) is 3.13. The molecular formula is C22H20N4O5S2. The van der Waals surface area contributed by atoms with E-state index in [2.05, 4.69) is 15.3 Å². The van der Waals surface area contributed by atoms with Crippen molar-refractivity contribution in [2.24, 2.45) is 0 Å². The van der Waals surface area contributed by atoms with Gasteiger partial charge < -0.3 is 14.8 Å². The van der Waals surface area contributed by atoms with Crippen molar-refractivity contribution in [2.75, 3.05) is 35.1 Å². The van der Waals surface area contributed by atoms with Gasteiger partial charge in [-0.25, -0.2) is 18.4 Å². The van der Waals surface area contributed by atoms with Gasteiger partial charge in [0.15, 0.2) is 16.7 Å². The molecule has 5 rings (SSSR count). The quantitative estimate of drug-likeness (QED) is 0.434. The van der Waals surface area contributed by atoms with E-state index >= 15 is 0 Å². The predicted octanol–water partition coefficient (Wildman–Crippen LogP) is 3.17. The van der Waals surface area contributed by atoms with Crippen LogP contribution in [-0.4, -0.2) is 49.8 Å². The summed E-state index contributed by atoms with van der Waals surface area (Å²) >= 11 is 1.13. The number of carbonyl (C=O) groups excluding carboxylic acids is 1. The van der Waals surface area contributed by atoms with Crippen molar-refractivity contribution in [2.45, 2.75) is 17.0 Å². The van der Waals surface area contributed by atoms with E-state index in [-0.39, 0.29) is 16.6 Å². The molecule has 0 fully saturated rings. The Bertz CT molecular complexity index is 1350. The molecule has 2 aromatic carbocycles. The van der Waals surface area contributed by atoms with E-state index in [4.69, 9.17) is 9.47 Å². The van der Waals surface area contributed by atoms with Crippen molar-refractivity contribution in [3.8, 4) is 22.8 Å². The van der Waals surface area contributed by atoms with Crippen LogP contribution >= 0.6 is 11.8 Å². The zero-order valence-electron chi connectivity index (χ0n) is 17.6. The fourth-order valence-electron chi connectivity index (χ4n) is 3.73. The van der Waals surface area contributed by atoms with Gasteiger partial charge in [-0.2, -0.15) is 0 Å². The number of benzene rings is 2. The number of nitrogens with zero attached hydrogens (tertiary/aromatic N) is 3. The molecule has 2 aliphatic heterocycles. The molecule has 0 atom stereocenters. The van der Waals surface area contributed by atoms with Gasteiger partial charge >= 0.3 is 0 Å². The van der Waals surface area contributed by atoms with Crippen molar-refractivity contribution in [1.29, 1.82) is 0 Å². The highest BCUT2D eigenvalue weighted by atomic mass is 32.2. The van der Waals surface area contributed by atoms with E-state index < -0.39 is 10.0 Å². The molecule has 0 bridgehead atoms. The Morgan fingerprint density at radius 3 is 2.76 bits per heavy atom. The Morgan fingerprint density at radius 1 is 1.15 bits per heavy atom. The molecule has 0 spiro atoms. The molecule has 2 aliphatic rings. The first-order valence-corrected chi connectivity index (χ1v) is 12.7. The highest BCUT2D eigenvalue weighted by Gasteiger charge is 2.35. The van der Waals surface area contributed by atoms with E-state index in [9.17, 15) is 13.2 Å². The molecule has 0 radical (unpaired) electrons. The van der Waals surface area contributed by atoms with Crippen molar-refractivity contribution in [3.05, 3.63) is 48.7 Å².